The maximum Gasteiger partial charge on any atom is 0.409 e. The zero-order valence-electron chi connectivity index (χ0n) is 6.05. The average molecular weight is 176 g/mol. The molecule has 1 rings (SSSR count). The van der Waals surface area contributed by atoms with Crippen LogP contribution < -0.4 is 5.73 Å². The molecule has 0 spiro atoms. The summed E-state index contributed by atoms with van der Waals surface area (Å²) < 4.78 is 35.9. The normalized spacial score (nSPS) is 14.3. The summed E-state index contributed by atoms with van der Waals surface area (Å²) in [4.78, 5) is 3.50. The highest BCUT2D eigenvalue weighted by atomic mass is 19.4. The van der Waals surface area contributed by atoms with Gasteiger partial charge in [0.2, 0.25) is 0 Å². The molecule has 0 fully saturated rings. The predicted molar refractivity (Wildman–Crippen MR) is 37.2 cm³/mol. The monoisotopic (exact) mass is 176 g/mol. The fourth-order valence-electron chi connectivity index (χ4n) is 0.728. The van der Waals surface area contributed by atoms with Crippen molar-refractivity contribution in [3.63, 3.8) is 0 Å². The summed E-state index contributed by atoms with van der Waals surface area (Å²) in [7, 11) is 0. The molecule has 0 saturated heterocycles. The minimum Gasteiger partial charge on any atom is -0.315 e. The first-order chi connectivity index (χ1) is 5.52. The van der Waals surface area contributed by atoms with Gasteiger partial charge in [0, 0.05) is 6.20 Å². The zero-order chi connectivity index (χ0) is 9.19. The van der Waals surface area contributed by atoms with Gasteiger partial charge >= 0.3 is 6.18 Å². The minimum absolute atomic E-state index is 0.162. The van der Waals surface area contributed by atoms with Crippen LogP contribution in [0.5, 0.6) is 0 Å². The van der Waals surface area contributed by atoms with Gasteiger partial charge in [0.25, 0.3) is 0 Å². The summed E-state index contributed by atoms with van der Waals surface area (Å²) in [6.45, 7) is 0. The number of nitrogens with two attached hydrogens (primary N) is 1. The van der Waals surface area contributed by atoms with Gasteiger partial charge < -0.3 is 5.73 Å². The highest BCUT2D eigenvalue weighted by Gasteiger charge is 2.38. The molecule has 0 unspecified atom stereocenters. The molecule has 12 heavy (non-hydrogen) atoms. The second-order valence-corrected chi connectivity index (χ2v) is 2.27. The van der Waals surface area contributed by atoms with Crippen LogP contribution in [0, 0.1) is 0 Å². The lowest BCUT2D eigenvalue weighted by atomic mass is 10.2. The van der Waals surface area contributed by atoms with Gasteiger partial charge in [-0.2, -0.15) is 13.2 Å². The second-order valence-electron chi connectivity index (χ2n) is 2.27. The van der Waals surface area contributed by atoms with Crippen molar-refractivity contribution in [1.29, 1.82) is 0 Å². The Morgan fingerprint density at radius 2 is 2.00 bits per heavy atom. The van der Waals surface area contributed by atoms with Crippen LogP contribution in [0.25, 0.3) is 0 Å². The molecule has 0 bridgehead atoms. The van der Waals surface area contributed by atoms with Crippen LogP contribution in [-0.2, 0) is 0 Å². The number of alkyl halides is 3. The van der Waals surface area contributed by atoms with Crippen LogP contribution in [0.2, 0.25) is 0 Å². The smallest absolute Gasteiger partial charge is 0.315 e. The first kappa shape index (κ1) is 8.99. The number of nitrogens with zero attached hydrogens (tertiary/aromatic N) is 1. The van der Waals surface area contributed by atoms with Crippen LogP contribution in [0.4, 0.5) is 13.2 Å². The van der Waals surface area contributed by atoms with E-state index in [4.69, 9.17) is 5.73 Å². The van der Waals surface area contributed by atoms with Gasteiger partial charge in [-0.1, -0.05) is 6.07 Å². The number of hydrogen-bond donors (Lipinski definition) is 1. The third-order valence-electron chi connectivity index (χ3n) is 1.36. The zero-order valence-corrected chi connectivity index (χ0v) is 6.05. The van der Waals surface area contributed by atoms with E-state index in [1.165, 1.54) is 24.4 Å². The van der Waals surface area contributed by atoms with E-state index >= 15 is 0 Å². The maximum atomic E-state index is 12.0. The van der Waals surface area contributed by atoms with Crippen LogP contribution in [0.15, 0.2) is 24.4 Å². The van der Waals surface area contributed by atoms with Crippen LogP contribution in [0.3, 0.4) is 0 Å². The van der Waals surface area contributed by atoms with Crippen molar-refractivity contribution in [3.8, 4) is 0 Å². The largest absolute Gasteiger partial charge is 0.409 e. The number of aromatic nitrogens is 1. The molecular weight excluding hydrogens is 169 g/mol. The Hall–Kier alpha value is -1.10. The third-order valence-corrected chi connectivity index (χ3v) is 1.36. The fourth-order valence-corrected chi connectivity index (χ4v) is 0.728. The van der Waals surface area contributed by atoms with E-state index in [0.717, 1.165) is 0 Å². The predicted octanol–water partition coefficient (Wildman–Crippen LogP) is 1.64. The molecule has 1 atom stereocenters. The van der Waals surface area contributed by atoms with Crippen molar-refractivity contribution in [3.05, 3.63) is 30.1 Å². The highest BCUT2D eigenvalue weighted by Crippen LogP contribution is 2.28. The molecule has 2 nitrogen and oxygen atoms in total. The SMILES string of the molecule is N[C@H](c1ccccn1)C(F)(F)F. The van der Waals surface area contributed by atoms with Gasteiger partial charge in [0.15, 0.2) is 0 Å². The third kappa shape index (κ3) is 1.94. The van der Waals surface area contributed by atoms with E-state index in [-0.39, 0.29) is 5.69 Å². The van der Waals surface area contributed by atoms with Crippen LogP contribution in [-0.4, -0.2) is 11.2 Å². The van der Waals surface area contributed by atoms with Gasteiger partial charge in [0.05, 0.1) is 5.69 Å². The molecule has 5 heteroatoms. The first-order valence-corrected chi connectivity index (χ1v) is 3.25. The number of hydrogen-bond acceptors (Lipinski definition) is 2. The Balaban J connectivity index is 2.86. The van der Waals surface area contributed by atoms with Gasteiger partial charge in [-0.05, 0) is 12.1 Å². The quantitative estimate of drug-likeness (QED) is 0.706. The van der Waals surface area contributed by atoms with Gasteiger partial charge in [0.1, 0.15) is 6.04 Å². The van der Waals surface area contributed by atoms with E-state index in [2.05, 4.69) is 4.98 Å². The molecular formula is C7H7F3N2. The number of pyridine rings is 1. The number of rotatable bonds is 1. The van der Waals surface area contributed by atoms with E-state index in [9.17, 15) is 13.2 Å². The first-order valence-electron chi connectivity index (χ1n) is 3.25. The summed E-state index contributed by atoms with van der Waals surface area (Å²) in [5.41, 5.74) is 4.72. The van der Waals surface area contributed by atoms with Gasteiger partial charge in [-0.3, -0.25) is 4.98 Å². The Morgan fingerprint density at radius 3 is 2.42 bits per heavy atom. The summed E-state index contributed by atoms with van der Waals surface area (Å²) >= 11 is 0. The molecule has 1 aromatic heterocycles. The molecule has 0 aliphatic rings. The van der Waals surface area contributed by atoms with Gasteiger partial charge in [-0.15, -0.1) is 0 Å². The Morgan fingerprint density at radius 1 is 1.33 bits per heavy atom. The molecule has 0 aliphatic heterocycles. The minimum atomic E-state index is -4.42. The van der Waals surface area contributed by atoms with Crippen molar-refractivity contribution in [2.75, 3.05) is 0 Å². The van der Waals surface area contributed by atoms with Gasteiger partial charge in [-0.25, -0.2) is 0 Å². The molecule has 0 aliphatic carbocycles. The highest BCUT2D eigenvalue weighted by molar-refractivity contribution is 5.09. The standard InChI is InChI=1S/C7H7F3N2/c8-7(9,10)6(11)5-3-1-2-4-12-5/h1-4,6H,11H2/t6-/m1/s1. The van der Waals surface area contributed by atoms with Crippen LogP contribution in [0.1, 0.15) is 11.7 Å². The van der Waals surface area contributed by atoms with Crippen molar-refractivity contribution >= 4 is 0 Å². The summed E-state index contributed by atoms with van der Waals surface area (Å²) in [5.74, 6) is 0. The Labute approximate surface area is 67.2 Å². The lowest BCUT2D eigenvalue weighted by Gasteiger charge is -2.13. The molecule has 1 heterocycles. The summed E-state index contributed by atoms with van der Waals surface area (Å²) in [5, 5.41) is 0. The lowest BCUT2D eigenvalue weighted by Crippen LogP contribution is -2.29. The molecule has 0 aromatic carbocycles. The summed E-state index contributed by atoms with van der Waals surface area (Å²) in [6, 6.07) is 2.26. The van der Waals surface area contributed by atoms with Crippen molar-refractivity contribution in [2.24, 2.45) is 5.73 Å². The molecule has 0 saturated carbocycles. The average Bonchev–Trinajstić information content (AvgIpc) is 2.03. The molecule has 0 amide bonds. The van der Waals surface area contributed by atoms with E-state index in [1.807, 2.05) is 0 Å². The topological polar surface area (TPSA) is 38.9 Å². The van der Waals surface area contributed by atoms with E-state index in [0.29, 0.717) is 0 Å². The molecule has 2 N–H and O–H groups in total. The molecule has 1 aromatic rings. The Kier molecular flexibility index (Phi) is 2.32. The lowest BCUT2D eigenvalue weighted by molar-refractivity contribution is -0.150. The Bertz CT molecular complexity index is 245. The molecule has 0 radical (unpaired) electrons. The van der Waals surface area contributed by atoms with Crippen molar-refractivity contribution in [2.45, 2.75) is 12.2 Å². The maximum absolute atomic E-state index is 12.0. The van der Waals surface area contributed by atoms with Crippen LogP contribution >= 0.6 is 0 Å². The number of halogens is 3. The van der Waals surface area contributed by atoms with E-state index < -0.39 is 12.2 Å². The molecule has 66 valence electrons. The van der Waals surface area contributed by atoms with Crippen molar-refractivity contribution in [1.82, 2.24) is 4.98 Å². The second kappa shape index (κ2) is 3.10. The van der Waals surface area contributed by atoms with Crippen molar-refractivity contribution < 1.29 is 13.2 Å². The summed E-state index contributed by atoms with van der Waals surface area (Å²) in [6.07, 6.45) is -3.14. The fraction of sp³-hybridized carbons (Fsp3) is 0.286. The van der Waals surface area contributed by atoms with E-state index in [1.54, 1.807) is 0 Å².